The number of rotatable bonds is 6. The molecule has 2 aliphatic heterocycles. The third kappa shape index (κ3) is 5.39. The average molecular weight is 472 g/mol. The van der Waals surface area contributed by atoms with Crippen LogP contribution in [-0.2, 0) is 21.3 Å². The Balaban J connectivity index is 1.44. The number of hydrogen-bond acceptors (Lipinski definition) is 5. The Labute approximate surface area is 197 Å². The summed E-state index contributed by atoms with van der Waals surface area (Å²) in [5.74, 6) is -0.198. The molecule has 1 unspecified atom stereocenters. The molecule has 1 atom stereocenters. The van der Waals surface area contributed by atoms with E-state index in [0.29, 0.717) is 18.7 Å². The van der Waals surface area contributed by atoms with Gasteiger partial charge in [-0.25, -0.2) is 8.42 Å². The van der Waals surface area contributed by atoms with Crippen LogP contribution < -0.4 is 4.90 Å². The van der Waals surface area contributed by atoms with E-state index in [1.807, 2.05) is 19.1 Å². The summed E-state index contributed by atoms with van der Waals surface area (Å²) < 4.78 is 33.3. The first-order valence-electron chi connectivity index (χ1n) is 11.7. The van der Waals surface area contributed by atoms with E-state index in [0.717, 1.165) is 56.8 Å². The zero-order chi connectivity index (χ0) is 23.4. The number of ether oxygens (including phenoxy) is 1. The zero-order valence-corrected chi connectivity index (χ0v) is 20.3. The van der Waals surface area contributed by atoms with E-state index in [1.54, 1.807) is 34.5 Å². The number of carbonyl (C=O) groups excluding carboxylic acids is 1. The van der Waals surface area contributed by atoms with Gasteiger partial charge in [0.25, 0.3) is 5.91 Å². The van der Waals surface area contributed by atoms with Crippen molar-refractivity contribution in [3.05, 3.63) is 59.7 Å². The van der Waals surface area contributed by atoms with Crippen molar-refractivity contribution in [2.24, 2.45) is 0 Å². The summed E-state index contributed by atoms with van der Waals surface area (Å²) in [4.78, 5) is 17.2. The Hall–Kier alpha value is -2.42. The molecule has 0 saturated carbocycles. The highest BCUT2D eigenvalue weighted by Crippen LogP contribution is 2.26. The van der Waals surface area contributed by atoms with Gasteiger partial charge in [0.05, 0.1) is 18.1 Å². The second-order valence-electron chi connectivity index (χ2n) is 8.92. The Bertz CT molecular complexity index is 1070. The molecular formula is C25H33N3O4S. The van der Waals surface area contributed by atoms with Crippen molar-refractivity contribution in [2.75, 3.05) is 44.8 Å². The number of carbonyl (C=O) groups is 1. The van der Waals surface area contributed by atoms with Crippen LogP contribution in [0.25, 0.3) is 0 Å². The molecule has 0 radical (unpaired) electrons. The van der Waals surface area contributed by atoms with E-state index in [9.17, 15) is 13.2 Å². The first kappa shape index (κ1) is 23.7. The van der Waals surface area contributed by atoms with E-state index in [-0.39, 0.29) is 16.8 Å². The third-order valence-electron chi connectivity index (χ3n) is 6.51. The highest BCUT2D eigenvalue weighted by Gasteiger charge is 2.31. The third-order valence-corrected chi connectivity index (χ3v) is 8.52. The molecule has 0 aromatic heterocycles. The fraction of sp³-hybridized carbons (Fsp3) is 0.480. The van der Waals surface area contributed by atoms with Crippen LogP contribution in [0.15, 0.2) is 53.4 Å². The largest absolute Gasteiger partial charge is 0.378 e. The fourth-order valence-corrected chi connectivity index (χ4v) is 6.30. The predicted molar refractivity (Wildman–Crippen MR) is 129 cm³/mol. The van der Waals surface area contributed by atoms with Crippen molar-refractivity contribution < 1.29 is 17.9 Å². The molecule has 2 aliphatic rings. The molecule has 33 heavy (non-hydrogen) atoms. The van der Waals surface area contributed by atoms with Gasteiger partial charge in [-0.2, -0.15) is 4.31 Å². The second kappa shape index (κ2) is 10.2. The van der Waals surface area contributed by atoms with Crippen LogP contribution in [0.3, 0.4) is 0 Å². The van der Waals surface area contributed by atoms with Crippen molar-refractivity contribution in [3.8, 4) is 0 Å². The first-order valence-corrected chi connectivity index (χ1v) is 13.1. The minimum atomic E-state index is -3.62. The van der Waals surface area contributed by atoms with Crippen LogP contribution in [0, 0.1) is 0 Å². The van der Waals surface area contributed by atoms with Crippen molar-refractivity contribution in [3.63, 3.8) is 0 Å². The monoisotopic (exact) mass is 471 g/mol. The summed E-state index contributed by atoms with van der Waals surface area (Å²) in [6.45, 7) is 6.17. The number of nitrogens with zero attached hydrogens (tertiary/aromatic N) is 3. The van der Waals surface area contributed by atoms with E-state index in [2.05, 4.69) is 17.0 Å². The minimum Gasteiger partial charge on any atom is -0.378 e. The maximum Gasteiger partial charge on any atom is 0.253 e. The smallest absolute Gasteiger partial charge is 0.253 e. The summed E-state index contributed by atoms with van der Waals surface area (Å²) in [5, 5.41) is 0. The lowest BCUT2D eigenvalue weighted by Crippen LogP contribution is -2.42. The minimum absolute atomic E-state index is 0.0220. The molecular weight excluding hydrogens is 438 g/mol. The topological polar surface area (TPSA) is 70.2 Å². The summed E-state index contributed by atoms with van der Waals surface area (Å²) in [6.07, 6.45) is 2.78. The molecule has 2 saturated heterocycles. The second-order valence-corrected chi connectivity index (χ2v) is 10.8. The van der Waals surface area contributed by atoms with Crippen LogP contribution >= 0.6 is 0 Å². The molecule has 2 aromatic carbocycles. The molecule has 0 spiro atoms. The Kier molecular flexibility index (Phi) is 7.36. The van der Waals surface area contributed by atoms with Gasteiger partial charge in [-0.3, -0.25) is 4.79 Å². The van der Waals surface area contributed by atoms with E-state index in [4.69, 9.17) is 4.74 Å². The number of hydrogen-bond donors (Lipinski definition) is 0. The number of morpholine rings is 1. The quantitative estimate of drug-likeness (QED) is 0.646. The number of benzene rings is 2. The lowest BCUT2D eigenvalue weighted by molar-refractivity contribution is 0.0785. The maximum atomic E-state index is 13.2. The van der Waals surface area contributed by atoms with E-state index < -0.39 is 10.0 Å². The lowest BCUT2D eigenvalue weighted by atomic mass is 10.1. The van der Waals surface area contributed by atoms with Crippen molar-refractivity contribution in [1.29, 1.82) is 0 Å². The standard InChI is InChI=1S/C25H33N3O4S/c1-20-6-3-4-13-28(20)33(30,31)24-8-5-7-22(18-24)25(29)26(2)19-21-9-11-23(12-10-21)27-14-16-32-17-15-27/h5,7-12,18,20H,3-4,6,13-17,19H2,1-2H3. The Morgan fingerprint density at radius 3 is 2.48 bits per heavy atom. The van der Waals surface area contributed by atoms with Crippen LogP contribution in [0.5, 0.6) is 0 Å². The normalized spacial score (nSPS) is 19.9. The van der Waals surface area contributed by atoms with E-state index in [1.165, 1.54) is 6.07 Å². The number of sulfonamides is 1. The van der Waals surface area contributed by atoms with Crippen molar-refractivity contribution in [2.45, 2.75) is 43.7 Å². The number of amides is 1. The fourth-order valence-electron chi connectivity index (χ4n) is 4.55. The molecule has 2 fully saturated rings. The zero-order valence-electron chi connectivity index (χ0n) is 19.4. The van der Waals surface area contributed by atoms with Crippen LogP contribution in [0.2, 0.25) is 0 Å². The Morgan fingerprint density at radius 2 is 1.79 bits per heavy atom. The number of piperidine rings is 1. The molecule has 0 N–H and O–H groups in total. The maximum absolute atomic E-state index is 13.2. The van der Waals surface area contributed by atoms with Crippen LogP contribution in [-0.4, -0.2) is 69.5 Å². The molecule has 178 valence electrons. The average Bonchev–Trinajstić information content (AvgIpc) is 2.85. The molecule has 4 rings (SSSR count). The SMILES string of the molecule is CC1CCCCN1S(=O)(=O)c1cccc(C(=O)N(C)Cc2ccc(N3CCOCC3)cc2)c1. The highest BCUT2D eigenvalue weighted by molar-refractivity contribution is 7.89. The summed E-state index contributed by atoms with van der Waals surface area (Å²) >= 11 is 0. The molecule has 7 nitrogen and oxygen atoms in total. The van der Waals surface area contributed by atoms with E-state index >= 15 is 0 Å². The molecule has 0 bridgehead atoms. The predicted octanol–water partition coefficient (Wildman–Crippen LogP) is 3.36. The van der Waals surface area contributed by atoms with Crippen molar-refractivity contribution >= 4 is 21.6 Å². The van der Waals surface area contributed by atoms with Crippen LogP contribution in [0.4, 0.5) is 5.69 Å². The van der Waals surface area contributed by atoms with Gasteiger partial charge in [0.15, 0.2) is 0 Å². The molecule has 2 heterocycles. The molecule has 0 aliphatic carbocycles. The van der Waals surface area contributed by atoms with Gasteiger partial charge < -0.3 is 14.5 Å². The summed E-state index contributed by atoms with van der Waals surface area (Å²) in [6, 6.07) is 14.6. The molecule has 2 aromatic rings. The number of anilines is 1. The van der Waals surface area contributed by atoms with Crippen molar-refractivity contribution in [1.82, 2.24) is 9.21 Å². The van der Waals surface area contributed by atoms with Gasteiger partial charge in [0, 0.05) is 50.5 Å². The highest BCUT2D eigenvalue weighted by atomic mass is 32.2. The van der Waals surface area contributed by atoms with Gasteiger partial charge in [-0.05, 0) is 55.7 Å². The first-order chi connectivity index (χ1) is 15.9. The Morgan fingerprint density at radius 1 is 1.06 bits per heavy atom. The summed E-state index contributed by atoms with van der Waals surface area (Å²) in [5.41, 5.74) is 2.56. The molecule has 8 heteroatoms. The molecule has 1 amide bonds. The van der Waals surface area contributed by atoms with Gasteiger partial charge in [0.2, 0.25) is 10.0 Å². The summed E-state index contributed by atoms with van der Waals surface area (Å²) in [7, 11) is -1.88. The van der Waals surface area contributed by atoms with Gasteiger partial charge in [-0.15, -0.1) is 0 Å². The van der Waals surface area contributed by atoms with Gasteiger partial charge in [0.1, 0.15) is 0 Å². The lowest BCUT2D eigenvalue weighted by Gasteiger charge is -2.32. The van der Waals surface area contributed by atoms with Gasteiger partial charge >= 0.3 is 0 Å². The van der Waals surface area contributed by atoms with Gasteiger partial charge in [-0.1, -0.05) is 24.6 Å². The van der Waals surface area contributed by atoms with Crippen LogP contribution in [0.1, 0.15) is 42.1 Å².